The third-order valence-electron chi connectivity index (χ3n) is 10.7. The summed E-state index contributed by atoms with van der Waals surface area (Å²) in [5, 5.41) is 31.7. The fourth-order valence-electron chi connectivity index (χ4n) is 7.94. The average Bonchev–Trinajstić information content (AvgIpc) is 4.07. The molecule has 2 atom stereocenters. The highest BCUT2D eigenvalue weighted by molar-refractivity contribution is 7.08. The minimum atomic E-state index is -0.685. The number of nitrogens with zero attached hydrogens (tertiary/aromatic N) is 8. The molecular formula is C46H30N8S2. The molecule has 56 heavy (non-hydrogen) atoms. The predicted octanol–water partition coefficient (Wildman–Crippen LogP) is 11.4. The molecule has 6 heterocycles. The maximum atomic E-state index is 10.6. The third kappa shape index (κ3) is 5.46. The van der Waals surface area contributed by atoms with Crippen LogP contribution in [0.2, 0.25) is 0 Å². The number of fused-ring (bicyclic) bond motifs is 6. The zero-order chi connectivity index (χ0) is 37.9. The fourth-order valence-corrected chi connectivity index (χ4v) is 9.27. The van der Waals surface area contributed by atoms with Crippen molar-refractivity contribution in [2.75, 3.05) is 0 Å². The van der Waals surface area contributed by atoms with E-state index in [2.05, 4.69) is 101 Å². The number of imidazole rings is 2. The van der Waals surface area contributed by atoms with Crippen molar-refractivity contribution in [3.8, 4) is 45.8 Å². The van der Waals surface area contributed by atoms with Crippen molar-refractivity contribution in [1.29, 1.82) is 10.5 Å². The Morgan fingerprint density at radius 1 is 0.518 bits per heavy atom. The molecule has 6 aromatic heterocycles. The minimum absolute atomic E-state index is 0.685. The Morgan fingerprint density at radius 2 is 0.982 bits per heavy atom. The van der Waals surface area contributed by atoms with E-state index in [1.165, 1.54) is 11.1 Å². The summed E-state index contributed by atoms with van der Waals surface area (Å²) in [6, 6.07) is 33.9. The smallest absolute Gasteiger partial charge is 0.108 e. The average molecular weight is 759 g/mol. The summed E-state index contributed by atoms with van der Waals surface area (Å²) in [5.74, 6) is -1.37. The van der Waals surface area contributed by atoms with E-state index in [9.17, 15) is 10.5 Å². The number of aromatic nitrogens is 6. The summed E-state index contributed by atoms with van der Waals surface area (Å²) in [7, 11) is 0. The summed E-state index contributed by atoms with van der Waals surface area (Å²) in [6.45, 7) is 4.08. The first-order valence-electron chi connectivity index (χ1n) is 18.1. The molecule has 266 valence electrons. The Hall–Kier alpha value is -6.98. The molecule has 10 heteroatoms. The van der Waals surface area contributed by atoms with Gasteiger partial charge in [-0.05, 0) is 128 Å². The van der Waals surface area contributed by atoms with Crippen LogP contribution in [0.25, 0.3) is 77.5 Å². The van der Waals surface area contributed by atoms with Gasteiger partial charge >= 0.3 is 0 Å². The van der Waals surface area contributed by atoms with Crippen LogP contribution in [-0.4, -0.2) is 29.1 Å². The molecule has 0 amide bonds. The van der Waals surface area contributed by atoms with Crippen molar-refractivity contribution >= 4 is 66.5 Å². The molecule has 0 fully saturated rings. The molecule has 0 radical (unpaired) electrons. The number of hydrogen-bond donors (Lipinski definition) is 0. The van der Waals surface area contributed by atoms with Gasteiger partial charge in [0.2, 0.25) is 0 Å². The molecule has 0 aliphatic carbocycles. The van der Waals surface area contributed by atoms with Gasteiger partial charge in [-0.2, -0.15) is 33.2 Å². The topological polar surface area (TPSA) is 109 Å². The van der Waals surface area contributed by atoms with Crippen molar-refractivity contribution in [2.45, 2.75) is 25.7 Å². The first-order valence-corrected chi connectivity index (χ1v) is 20.0. The second-order valence-electron chi connectivity index (χ2n) is 14.0. The zero-order valence-electron chi connectivity index (χ0n) is 30.3. The Kier molecular flexibility index (Phi) is 8.03. The monoisotopic (exact) mass is 758 g/mol. The number of rotatable bonds is 7. The minimum Gasteiger partial charge on any atom is -0.298 e. The summed E-state index contributed by atoms with van der Waals surface area (Å²) in [4.78, 5) is 18.8. The molecule has 10 aromatic rings. The van der Waals surface area contributed by atoms with Crippen LogP contribution >= 0.6 is 22.7 Å². The van der Waals surface area contributed by atoms with E-state index in [1.54, 1.807) is 22.7 Å². The summed E-state index contributed by atoms with van der Waals surface area (Å²) in [6.07, 6.45) is 7.30. The molecular weight excluding hydrogens is 729 g/mol. The quantitative estimate of drug-likeness (QED) is 0.160. The zero-order valence-corrected chi connectivity index (χ0v) is 31.9. The maximum Gasteiger partial charge on any atom is 0.108 e. The fraction of sp³-hybridized carbons (Fsp3) is 0.0870. The summed E-state index contributed by atoms with van der Waals surface area (Å²) >= 11 is 3.35. The highest BCUT2D eigenvalue weighted by Gasteiger charge is 2.27. The lowest BCUT2D eigenvalue weighted by Crippen LogP contribution is -2.10. The van der Waals surface area contributed by atoms with Crippen LogP contribution in [-0.2, 0) is 0 Å². The standard InChI is InChI=1S/C46H30N8S2/c1-27-15-31(5-9-43(27)53-25-51-41-21-49-39-7-3-29(17-35(39)45(41)53)33-11-13-55-23-33)37(19-47)38(20-48)32-6-10-44(28(2)16-32)54-26-52-42-22-50-40-8-4-30(18-36(40)46(42)54)34-12-14-56-24-34/h3-18,21-26,37-38H,1-2H3. The van der Waals surface area contributed by atoms with E-state index in [1.807, 2.05) is 75.3 Å². The second-order valence-corrected chi connectivity index (χ2v) is 15.6. The first kappa shape index (κ1) is 33.6. The van der Waals surface area contributed by atoms with Crippen LogP contribution in [0.5, 0.6) is 0 Å². The van der Waals surface area contributed by atoms with Crippen molar-refractivity contribution in [1.82, 2.24) is 29.1 Å². The lowest BCUT2D eigenvalue weighted by Gasteiger charge is -2.20. The van der Waals surface area contributed by atoms with Gasteiger partial charge in [0.25, 0.3) is 0 Å². The van der Waals surface area contributed by atoms with Crippen LogP contribution in [0.4, 0.5) is 0 Å². The molecule has 0 N–H and O–H groups in total. The number of nitriles is 2. The van der Waals surface area contributed by atoms with Gasteiger partial charge in [0.05, 0.1) is 69.8 Å². The molecule has 4 aromatic carbocycles. The Balaban J connectivity index is 0.997. The second kappa shape index (κ2) is 13.4. The lowest BCUT2D eigenvalue weighted by molar-refractivity contribution is 0.758. The number of hydrogen-bond acceptors (Lipinski definition) is 8. The van der Waals surface area contributed by atoms with Gasteiger partial charge in [0.1, 0.15) is 23.7 Å². The Bertz CT molecular complexity index is 3000. The van der Waals surface area contributed by atoms with Crippen molar-refractivity contribution < 1.29 is 0 Å². The molecule has 0 saturated carbocycles. The Labute approximate surface area is 329 Å². The van der Waals surface area contributed by atoms with Gasteiger partial charge in [-0.15, -0.1) is 0 Å². The van der Waals surface area contributed by atoms with Crippen LogP contribution < -0.4 is 0 Å². The highest BCUT2D eigenvalue weighted by atomic mass is 32.1. The first-order chi connectivity index (χ1) is 27.5. The van der Waals surface area contributed by atoms with E-state index in [4.69, 9.17) is 9.97 Å². The highest BCUT2D eigenvalue weighted by Crippen LogP contribution is 2.38. The van der Waals surface area contributed by atoms with Gasteiger partial charge in [-0.3, -0.25) is 19.1 Å². The van der Waals surface area contributed by atoms with E-state index < -0.39 is 11.8 Å². The largest absolute Gasteiger partial charge is 0.298 e. The molecule has 0 aliphatic rings. The van der Waals surface area contributed by atoms with E-state index in [-0.39, 0.29) is 0 Å². The molecule has 10 rings (SSSR count). The third-order valence-corrected chi connectivity index (χ3v) is 12.1. The normalized spacial score (nSPS) is 12.6. The SMILES string of the molecule is Cc1cc(C(C#N)C(C#N)c2ccc(-n3cnc4cnc5ccc(-c6ccsc6)cc5c43)c(C)c2)ccc1-n1cnc2cnc3ccc(-c4ccsc4)cc3c21. The molecule has 0 aliphatic heterocycles. The van der Waals surface area contributed by atoms with E-state index in [0.717, 1.165) is 88.6 Å². The van der Waals surface area contributed by atoms with Crippen LogP contribution in [0.3, 0.4) is 0 Å². The number of pyridine rings is 2. The number of benzene rings is 4. The van der Waals surface area contributed by atoms with Gasteiger partial charge < -0.3 is 0 Å². The van der Waals surface area contributed by atoms with E-state index >= 15 is 0 Å². The number of aryl methyl sites for hydroxylation is 2. The Morgan fingerprint density at radius 3 is 1.38 bits per heavy atom. The molecule has 0 spiro atoms. The van der Waals surface area contributed by atoms with E-state index in [0.29, 0.717) is 0 Å². The molecule has 2 unspecified atom stereocenters. The van der Waals surface area contributed by atoms with Gasteiger partial charge in [0, 0.05) is 10.8 Å². The predicted molar refractivity (Wildman–Crippen MR) is 226 cm³/mol. The molecule has 0 bridgehead atoms. The van der Waals surface area contributed by atoms with Crippen molar-refractivity contribution in [2.24, 2.45) is 0 Å². The summed E-state index contributed by atoms with van der Waals surface area (Å²) in [5.41, 5.74) is 15.4. The molecule has 8 nitrogen and oxygen atoms in total. The van der Waals surface area contributed by atoms with Gasteiger partial charge in [-0.1, -0.05) is 36.4 Å². The number of thiophene rings is 2. The van der Waals surface area contributed by atoms with Crippen LogP contribution in [0.1, 0.15) is 34.1 Å². The lowest BCUT2D eigenvalue weighted by atomic mass is 9.82. The van der Waals surface area contributed by atoms with Gasteiger partial charge in [0.15, 0.2) is 0 Å². The van der Waals surface area contributed by atoms with Crippen LogP contribution in [0, 0.1) is 36.5 Å². The molecule has 0 saturated heterocycles. The van der Waals surface area contributed by atoms with Crippen LogP contribution in [0.15, 0.2) is 131 Å². The summed E-state index contributed by atoms with van der Waals surface area (Å²) < 4.78 is 4.20. The maximum absolute atomic E-state index is 10.6. The van der Waals surface area contributed by atoms with Crippen molar-refractivity contribution in [3.05, 3.63) is 154 Å². The van der Waals surface area contributed by atoms with Crippen molar-refractivity contribution in [3.63, 3.8) is 0 Å². The van der Waals surface area contributed by atoms with Gasteiger partial charge in [-0.25, -0.2) is 9.97 Å².